The molecule has 0 radical (unpaired) electrons. The zero-order valence-corrected chi connectivity index (χ0v) is 17.3. The van der Waals surface area contributed by atoms with Crippen LogP contribution in [0.25, 0.3) is 0 Å². The summed E-state index contributed by atoms with van der Waals surface area (Å²) in [6.45, 7) is -1.03. The average molecular weight is 457 g/mol. The van der Waals surface area contributed by atoms with Gasteiger partial charge in [-0.15, -0.1) is 0 Å². The van der Waals surface area contributed by atoms with Gasteiger partial charge in [0.05, 0.1) is 12.0 Å². The maximum Gasteiger partial charge on any atom is 0.328 e. The van der Waals surface area contributed by atoms with Crippen molar-refractivity contribution < 1.29 is 18.7 Å². The summed E-state index contributed by atoms with van der Waals surface area (Å²) >= 11 is 5.95. The van der Waals surface area contributed by atoms with Crippen molar-refractivity contribution in [2.24, 2.45) is 5.10 Å². The number of hydrazone groups is 1. The minimum absolute atomic E-state index is 0.404. The van der Waals surface area contributed by atoms with Gasteiger partial charge in [-0.3, -0.25) is 23.9 Å². The summed E-state index contributed by atoms with van der Waals surface area (Å²) in [6, 6.07) is 11.1. The molecule has 32 heavy (non-hydrogen) atoms. The summed E-state index contributed by atoms with van der Waals surface area (Å²) in [4.78, 5) is 49.7. The number of furan rings is 1. The van der Waals surface area contributed by atoms with Crippen molar-refractivity contribution in [3.05, 3.63) is 92.1 Å². The molecule has 1 atom stereocenters. The number of nitrogens with one attached hydrogen (secondary N) is 1. The highest BCUT2D eigenvalue weighted by molar-refractivity contribution is 6.30. The van der Waals surface area contributed by atoms with E-state index in [9.17, 15) is 19.2 Å². The average Bonchev–Trinajstić information content (AvgIpc) is 3.44. The Balaban J connectivity index is 1.46. The van der Waals surface area contributed by atoms with Crippen LogP contribution in [0.15, 0.2) is 74.0 Å². The zero-order chi connectivity index (χ0) is 22.7. The largest absolute Gasteiger partial charge is 0.467 e. The van der Waals surface area contributed by atoms with Crippen molar-refractivity contribution in [3.63, 3.8) is 0 Å². The summed E-state index contributed by atoms with van der Waals surface area (Å²) in [5.41, 5.74) is 0.121. The lowest BCUT2D eigenvalue weighted by atomic mass is 10.0. The molecule has 11 heteroatoms. The van der Waals surface area contributed by atoms with Crippen molar-refractivity contribution in [1.82, 2.24) is 14.6 Å². The fraction of sp³-hybridized carbons (Fsp3) is 0.190. The third kappa shape index (κ3) is 4.70. The predicted octanol–water partition coefficient (Wildman–Crippen LogP) is 1.70. The highest BCUT2D eigenvalue weighted by Crippen LogP contribution is 2.33. The van der Waals surface area contributed by atoms with Crippen molar-refractivity contribution in [1.29, 1.82) is 0 Å². The van der Waals surface area contributed by atoms with E-state index < -0.39 is 42.3 Å². The molecule has 3 aromatic rings. The van der Waals surface area contributed by atoms with Gasteiger partial charge in [0.15, 0.2) is 6.61 Å². The Kier molecular flexibility index (Phi) is 6.04. The van der Waals surface area contributed by atoms with Crippen LogP contribution < -0.4 is 11.2 Å². The molecule has 10 nitrogen and oxygen atoms in total. The highest BCUT2D eigenvalue weighted by Gasteiger charge is 2.35. The number of H-pyrrole nitrogens is 1. The molecule has 1 N–H and O–H groups in total. The Hall–Kier alpha value is -3.92. The molecule has 0 bridgehead atoms. The first-order valence-corrected chi connectivity index (χ1v) is 9.93. The molecule has 1 aliphatic rings. The van der Waals surface area contributed by atoms with E-state index in [4.69, 9.17) is 20.8 Å². The number of amides is 1. The van der Waals surface area contributed by atoms with Crippen molar-refractivity contribution in [2.75, 3.05) is 6.61 Å². The second-order valence-corrected chi connectivity index (χ2v) is 7.36. The summed E-state index contributed by atoms with van der Waals surface area (Å²) in [6.07, 6.45) is 3.07. The van der Waals surface area contributed by atoms with Gasteiger partial charge >= 0.3 is 11.7 Å². The molecule has 1 unspecified atom stereocenters. The number of aromatic amines is 1. The van der Waals surface area contributed by atoms with E-state index in [0.717, 1.165) is 16.2 Å². The lowest BCUT2D eigenvalue weighted by Gasteiger charge is -2.19. The van der Waals surface area contributed by atoms with Gasteiger partial charge in [-0.2, -0.15) is 5.10 Å². The van der Waals surface area contributed by atoms with Crippen LogP contribution in [0.3, 0.4) is 0 Å². The molecule has 0 saturated carbocycles. The quantitative estimate of drug-likeness (QED) is 0.562. The van der Waals surface area contributed by atoms with Crippen molar-refractivity contribution in [2.45, 2.75) is 19.0 Å². The number of benzene rings is 1. The first kappa shape index (κ1) is 21.3. The van der Waals surface area contributed by atoms with Crippen LogP contribution >= 0.6 is 11.6 Å². The van der Waals surface area contributed by atoms with E-state index in [1.165, 1.54) is 17.5 Å². The molecule has 0 fully saturated rings. The van der Waals surface area contributed by atoms with Gasteiger partial charge in [-0.05, 0) is 29.8 Å². The number of rotatable bonds is 6. The molecule has 0 spiro atoms. The highest BCUT2D eigenvalue weighted by atomic mass is 35.5. The summed E-state index contributed by atoms with van der Waals surface area (Å²) < 4.78 is 11.5. The standard InChI is InChI=1S/C21H17ClN4O6/c22-14-5-3-13(4-6-14)15-10-16(17-2-1-9-31-17)26(24-15)19(28)12-32-20(29)11-25-8-7-18(27)23-21(25)30/h1-9,16H,10-12H2,(H,23,27,30). The van der Waals surface area contributed by atoms with Crippen LogP contribution in [0.2, 0.25) is 5.02 Å². The van der Waals surface area contributed by atoms with Crippen LogP contribution in [-0.2, 0) is 20.9 Å². The Morgan fingerprint density at radius 1 is 1.19 bits per heavy atom. The summed E-state index contributed by atoms with van der Waals surface area (Å²) in [5, 5.41) is 6.23. The summed E-state index contributed by atoms with van der Waals surface area (Å²) in [7, 11) is 0. The van der Waals surface area contributed by atoms with Gasteiger partial charge in [0.2, 0.25) is 0 Å². The molecular weight excluding hydrogens is 440 g/mol. The molecule has 164 valence electrons. The Labute approximate surface area is 185 Å². The lowest BCUT2D eigenvalue weighted by molar-refractivity contribution is -0.153. The maximum atomic E-state index is 12.8. The second-order valence-electron chi connectivity index (χ2n) is 6.93. The van der Waals surface area contributed by atoms with E-state index in [0.29, 0.717) is 22.9 Å². The molecule has 3 heterocycles. The van der Waals surface area contributed by atoms with Crippen molar-refractivity contribution >= 4 is 29.2 Å². The van der Waals surface area contributed by atoms with E-state index >= 15 is 0 Å². The number of hydrogen-bond acceptors (Lipinski definition) is 7. The van der Waals surface area contributed by atoms with Crippen LogP contribution in [-0.4, -0.2) is 38.8 Å². The third-order valence-electron chi connectivity index (χ3n) is 4.77. The number of hydrogen-bond donors (Lipinski definition) is 1. The Morgan fingerprint density at radius 3 is 2.66 bits per heavy atom. The van der Waals surface area contributed by atoms with E-state index in [1.54, 1.807) is 36.4 Å². The lowest BCUT2D eigenvalue weighted by Crippen LogP contribution is -2.34. The first-order valence-electron chi connectivity index (χ1n) is 9.55. The van der Waals surface area contributed by atoms with Gasteiger partial charge in [-0.25, -0.2) is 9.80 Å². The normalized spacial score (nSPS) is 15.5. The topological polar surface area (TPSA) is 127 Å². The van der Waals surface area contributed by atoms with Crippen LogP contribution in [0.1, 0.15) is 23.8 Å². The fourth-order valence-electron chi connectivity index (χ4n) is 3.22. The van der Waals surface area contributed by atoms with Crippen LogP contribution in [0.4, 0.5) is 0 Å². The number of carbonyl (C=O) groups is 2. The molecule has 0 aliphatic carbocycles. The van der Waals surface area contributed by atoms with Gasteiger partial charge < -0.3 is 9.15 Å². The zero-order valence-electron chi connectivity index (χ0n) is 16.6. The third-order valence-corrected chi connectivity index (χ3v) is 5.02. The smallest absolute Gasteiger partial charge is 0.328 e. The molecule has 4 rings (SSSR count). The maximum absolute atomic E-state index is 12.8. The van der Waals surface area contributed by atoms with E-state index in [1.807, 2.05) is 4.98 Å². The Morgan fingerprint density at radius 2 is 1.97 bits per heavy atom. The number of esters is 1. The monoisotopic (exact) mass is 456 g/mol. The van der Waals surface area contributed by atoms with E-state index in [2.05, 4.69) is 5.10 Å². The minimum Gasteiger partial charge on any atom is -0.467 e. The van der Waals surface area contributed by atoms with Crippen LogP contribution in [0.5, 0.6) is 0 Å². The first-order chi connectivity index (χ1) is 15.4. The number of ether oxygens (including phenoxy) is 1. The van der Waals surface area contributed by atoms with Crippen LogP contribution in [0, 0.1) is 0 Å². The Bertz CT molecular complexity index is 1280. The molecule has 1 aliphatic heterocycles. The van der Waals surface area contributed by atoms with Gasteiger partial charge in [0, 0.05) is 23.7 Å². The summed E-state index contributed by atoms with van der Waals surface area (Å²) in [5.74, 6) is -0.835. The van der Waals surface area contributed by atoms with Crippen molar-refractivity contribution in [3.8, 4) is 0 Å². The second kappa shape index (κ2) is 9.06. The molecule has 1 amide bonds. The molecular formula is C21H17ClN4O6. The predicted molar refractivity (Wildman–Crippen MR) is 113 cm³/mol. The minimum atomic E-state index is -0.817. The fourth-order valence-corrected chi connectivity index (χ4v) is 3.35. The molecule has 2 aromatic heterocycles. The number of halogens is 1. The van der Waals surface area contributed by atoms with Gasteiger partial charge in [0.1, 0.15) is 18.3 Å². The number of carbonyl (C=O) groups excluding carboxylic acids is 2. The number of aromatic nitrogens is 2. The SMILES string of the molecule is O=C(Cn1ccc(=O)[nH]c1=O)OCC(=O)N1N=C(c2ccc(Cl)cc2)CC1c1ccco1. The van der Waals surface area contributed by atoms with E-state index in [-0.39, 0.29) is 0 Å². The molecule has 0 saturated heterocycles. The molecule has 1 aromatic carbocycles. The number of nitrogens with zero attached hydrogens (tertiary/aromatic N) is 3. The van der Waals surface area contributed by atoms with Gasteiger partial charge in [-0.1, -0.05) is 23.7 Å². The van der Waals surface area contributed by atoms with Gasteiger partial charge in [0.25, 0.3) is 11.5 Å².